The molecule has 210 valence electrons. The highest BCUT2D eigenvalue weighted by Gasteiger charge is 2.19. The summed E-state index contributed by atoms with van der Waals surface area (Å²) in [7, 11) is 0. The fraction of sp³-hybridized carbons (Fsp3) is 0.212. The van der Waals surface area contributed by atoms with Crippen LogP contribution in [0.5, 0.6) is 0 Å². The first kappa shape index (κ1) is 30.5. The Labute approximate surface area is 241 Å². The summed E-state index contributed by atoms with van der Waals surface area (Å²) >= 11 is 0. The summed E-state index contributed by atoms with van der Waals surface area (Å²) in [5.41, 5.74) is 12.1. The van der Waals surface area contributed by atoms with E-state index in [0.717, 1.165) is 28.9 Å². The van der Waals surface area contributed by atoms with Gasteiger partial charge in [-0.25, -0.2) is 14.4 Å². The van der Waals surface area contributed by atoms with Crippen LogP contribution in [-0.4, -0.2) is 24.9 Å². The summed E-state index contributed by atoms with van der Waals surface area (Å²) in [5, 5.41) is 3.29. The summed E-state index contributed by atoms with van der Waals surface area (Å²) in [5.74, 6) is 0.225. The molecule has 0 bridgehead atoms. The van der Waals surface area contributed by atoms with Gasteiger partial charge in [-0.05, 0) is 54.7 Å². The lowest BCUT2D eigenvalue weighted by atomic mass is 9.91. The van der Waals surface area contributed by atoms with Crippen molar-refractivity contribution in [3.63, 3.8) is 0 Å². The Morgan fingerprint density at radius 1 is 1.15 bits per heavy atom. The fourth-order valence-corrected chi connectivity index (χ4v) is 4.39. The molecule has 0 unspecified atom stereocenters. The van der Waals surface area contributed by atoms with Gasteiger partial charge in [-0.3, -0.25) is 9.97 Å². The number of hydrogen-bond donors (Lipinski definition) is 3. The lowest BCUT2D eigenvalue weighted by Crippen LogP contribution is -2.16. The predicted molar refractivity (Wildman–Crippen MR) is 167 cm³/mol. The quantitative estimate of drug-likeness (QED) is 0.154. The first-order chi connectivity index (χ1) is 19.6. The number of H-pyrrole nitrogens is 1. The van der Waals surface area contributed by atoms with Crippen LogP contribution < -0.4 is 11.1 Å². The second-order valence-corrected chi connectivity index (χ2v) is 10.5. The average molecular weight is 550 g/mol. The van der Waals surface area contributed by atoms with Gasteiger partial charge in [0, 0.05) is 59.3 Å². The van der Waals surface area contributed by atoms with Crippen molar-refractivity contribution in [2.75, 3.05) is 5.73 Å². The molecule has 0 spiro atoms. The standard InChI is InChI=1S/C31H34FN7.C2H2/c1-7-20(15-22(8-2)37-19(3)17-31(4,5)6)24-18-36-30(33)23(27(24)32)16-26-38-25-11-14-35-28(29(25)39-26)21-9-12-34-13-10-21;1-2/h7-15,18,37H,2-3,16-17H2,1,4-6H3,(H2,33,36)(H,38,39);1-2H/b20-7+,22-15+;. The zero-order valence-electron chi connectivity index (χ0n) is 24.0. The number of hydrogen-bond acceptors (Lipinski definition) is 6. The van der Waals surface area contributed by atoms with E-state index in [0.29, 0.717) is 28.2 Å². The number of allylic oxidation sites excluding steroid dienone is 5. The molecule has 4 N–H and O–H groups in total. The molecule has 4 heterocycles. The van der Waals surface area contributed by atoms with E-state index in [4.69, 9.17) is 10.7 Å². The highest BCUT2D eigenvalue weighted by atomic mass is 19.1. The van der Waals surface area contributed by atoms with E-state index in [9.17, 15) is 0 Å². The first-order valence-corrected chi connectivity index (χ1v) is 13.1. The molecule has 0 saturated carbocycles. The van der Waals surface area contributed by atoms with Crippen LogP contribution in [0.1, 0.15) is 51.1 Å². The van der Waals surface area contributed by atoms with Crippen LogP contribution in [0.3, 0.4) is 0 Å². The van der Waals surface area contributed by atoms with E-state index < -0.39 is 5.82 Å². The highest BCUT2D eigenvalue weighted by molar-refractivity contribution is 5.89. The Morgan fingerprint density at radius 3 is 2.49 bits per heavy atom. The number of nitrogens with two attached hydrogens (primary N) is 1. The van der Waals surface area contributed by atoms with E-state index in [1.54, 1.807) is 24.7 Å². The number of pyridine rings is 3. The van der Waals surface area contributed by atoms with Crippen LogP contribution >= 0.6 is 0 Å². The van der Waals surface area contributed by atoms with Crippen LogP contribution in [-0.2, 0) is 6.42 Å². The van der Waals surface area contributed by atoms with Crippen molar-refractivity contribution in [1.82, 2.24) is 30.2 Å². The molecule has 0 aromatic carbocycles. The third-order valence-electron chi connectivity index (χ3n) is 6.11. The van der Waals surface area contributed by atoms with Gasteiger partial charge in [-0.2, -0.15) is 0 Å². The van der Waals surface area contributed by atoms with Gasteiger partial charge in [0.1, 0.15) is 23.0 Å². The lowest BCUT2D eigenvalue weighted by Gasteiger charge is -2.21. The van der Waals surface area contributed by atoms with Crippen molar-refractivity contribution in [3.05, 3.63) is 109 Å². The Kier molecular flexibility index (Phi) is 9.94. The van der Waals surface area contributed by atoms with Crippen molar-refractivity contribution in [1.29, 1.82) is 0 Å². The first-order valence-electron chi connectivity index (χ1n) is 13.1. The van der Waals surface area contributed by atoms with Gasteiger partial charge in [0.2, 0.25) is 0 Å². The van der Waals surface area contributed by atoms with Crippen LogP contribution in [0.25, 0.3) is 27.9 Å². The van der Waals surface area contributed by atoms with Crippen molar-refractivity contribution in [2.24, 2.45) is 5.41 Å². The molecule has 0 aliphatic heterocycles. The van der Waals surface area contributed by atoms with Crippen molar-refractivity contribution in [2.45, 2.75) is 40.5 Å². The minimum absolute atomic E-state index is 0.0768. The Hall–Kier alpha value is -5.03. The smallest absolute Gasteiger partial charge is 0.139 e. The molecule has 0 amide bonds. The second kappa shape index (κ2) is 13.4. The van der Waals surface area contributed by atoms with Gasteiger partial charge in [-0.1, -0.05) is 40.0 Å². The molecular weight excluding hydrogens is 513 g/mol. The van der Waals surface area contributed by atoms with Crippen LogP contribution in [0, 0.1) is 24.1 Å². The molecule has 4 aromatic rings. The molecule has 0 saturated heterocycles. The van der Waals surface area contributed by atoms with Gasteiger partial charge in [-0.15, -0.1) is 12.8 Å². The van der Waals surface area contributed by atoms with Crippen molar-refractivity contribution in [3.8, 4) is 24.1 Å². The number of nitrogens with one attached hydrogen (secondary N) is 2. The third kappa shape index (κ3) is 7.55. The molecule has 7 nitrogen and oxygen atoms in total. The number of terminal acetylenes is 1. The Balaban J connectivity index is 0.00000226. The fourth-order valence-electron chi connectivity index (χ4n) is 4.39. The molecule has 4 rings (SSSR count). The van der Waals surface area contributed by atoms with Gasteiger partial charge in [0.25, 0.3) is 0 Å². The van der Waals surface area contributed by atoms with Crippen molar-refractivity contribution < 1.29 is 4.39 Å². The number of fused-ring (bicyclic) bond motifs is 1. The number of nitrogens with zero attached hydrogens (tertiary/aromatic N) is 4. The SMILES string of the molecule is C#C.C=C/C(=C\C(=C/C)c1cnc(N)c(Cc2nc3c(-c4ccncc4)nccc3[nH]2)c1F)NC(=C)CC(C)(C)C. The molecule has 0 fully saturated rings. The summed E-state index contributed by atoms with van der Waals surface area (Å²) in [6, 6.07) is 5.58. The largest absolute Gasteiger partial charge is 0.383 e. The predicted octanol–water partition coefficient (Wildman–Crippen LogP) is 6.99. The monoisotopic (exact) mass is 549 g/mol. The summed E-state index contributed by atoms with van der Waals surface area (Å²) in [6.45, 7) is 16.3. The Morgan fingerprint density at radius 2 is 1.85 bits per heavy atom. The van der Waals surface area contributed by atoms with E-state index in [1.807, 2.05) is 37.3 Å². The molecule has 0 aliphatic rings. The number of aromatic amines is 1. The van der Waals surface area contributed by atoms with E-state index in [-0.39, 0.29) is 23.2 Å². The van der Waals surface area contributed by atoms with E-state index >= 15 is 4.39 Å². The van der Waals surface area contributed by atoms with Gasteiger partial charge in [0.15, 0.2) is 0 Å². The van der Waals surface area contributed by atoms with E-state index in [2.05, 4.69) is 72.0 Å². The number of anilines is 1. The van der Waals surface area contributed by atoms with Crippen molar-refractivity contribution >= 4 is 22.4 Å². The average Bonchev–Trinajstić information content (AvgIpc) is 3.37. The summed E-state index contributed by atoms with van der Waals surface area (Å²) in [6.07, 6.45) is 20.8. The minimum Gasteiger partial charge on any atom is -0.383 e. The highest BCUT2D eigenvalue weighted by Crippen LogP contribution is 2.29. The van der Waals surface area contributed by atoms with Crippen LogP contribution in [0.2, 0.25) is 0 Å². The summed E-state index contributed by atoms with van der Waals surface area (Å²) in [4.78, 5) is 20.9. The maximum atomic E-state index is 16.0. The summed E-state index contributed by atoms with van der Waals surface area (Å²) < 4.78 is 16.0. The second-order valence-electron chi connectivity index (χ2n) is 10.5. The number of nitrogen functional groups attached to an aromatic ring is 1. The lowest BCUT2D eigenvalue weighted by molar-refractivity contribution is 0.403. The minimum atomic E-state index is -0.447. The topological polar surface area (TPSA) is 105 Å². The van der Waals surface area contributed by atoms with Gasteiger partial charge in [0.05, 0.1) is 11.2 Å². The molecule has 41 heavy (non-hydrogen) atoms. The molecule has 0 radical (unpaired) electrons. The maximum absolute atomic E-state index is 16.0. The number of rotatable bonds is 9. The molecule has 4 aromatic heterocycles. The third-order valence-corrected chi connectivity index (χ3v) is 6.11. The number of halogens is 1. The van der Waals surface area contributed by atoms with Gasteiger partial charge >= 0.3 is 0 Å². The number of imidazole rings is 1. The zero-order valence-corrected chi connectivity index (χ0v) is 24.0. The normalized spacial score (nSPS) is 12.0. The molecule has 8 heteroatoms. The molecule has 0 atom stereocenters. The Bertz CT molecular complexity index is 1620. The van der Waals surface area contributed by atoms with Gasteiger partial charge < -0.3 is 16.0 Å². The van der Waals surface area contributed by atoms with Crippen LogP contribution in [0.4, 0.5) is 10.2 Å². The van der Waals surface area contributed by atoms with E-state index in [1.165, 1.54) is 6.20 Å². The maximum Gasteiger partial charge on any atom is 0.139 e. The molecular formula is C33H36FN7. The zero-order chi connectivity index (χ0) is 30.2. The number of aromatic nitrogens is 5. The molecule has 0 aliphatic carbocycles. The van der Waals surface area contributed by atoms with Crippen LogP contribution in [0.15, 0.2) is 85.8 Å².